The Hall–Kier alpha value is -13.3. The van der Waals surface area contributed by atoms with Crippen LogP contribution in [0.1, 0.15) is 5.56 Å². The standard InChI is InChI=1S/C25H24N2O4.C23H20O4.C20H20N2O4.C16H20N2O4/c1-28-23-11-6-21(7-12-23)26-30-17-18-3-4-20-16-25(10-5-19(20)15-18)31-27-22-8-13-24(29-2)14-9-22;1-24-20-7-3-18-13-22(9-5-16(18)11-20)26-15-27-23-10-6-17-12-21(25-2)8-4-19(17)14-23;1-23-17-7-3-15(4-8-17)21-25-19-11-13-20(14-12-19)26-22-16-5-9-18(24-2)10-6-16;1-19-15-7-3-13(4-8-15)17-21-11-12-22-18-14-5-9-16(20-2)10-6-14/h3-16,26-27H,17H2,1-2H3;3-14H,15H2,1-2H3;3-14,21-22H,1-2H3;3-10,17-18H,11-12H2,1-2H3. The highest BCUT2D eigenvalue weighted by Gasteiger charge is 2.08. The molecule has 0 saturated heterocycles. The molecule has 546 valence electrons. The molecule has 0 spiro atoms. The van der Waals surface area contributed by atoms with Crippen LogP contribution in [0, 0.1) is 0 Å². The van der Waals surface area contributed by atoms with Gasteiger partial charge in [-0.05, 0) is 274 Å². The van der Waals surface area contributed by atoms with Crippen LogP contribution in [0.25, 0.3) is 32.3 Å². The molecule has 0 heterocycles. The lowest BCUT2D eigenvalue weighted by molar-refractivity contribution is 0.0992. The monoisotopic (exact) mass is 1430 g/mol. The van der Waals surface area contributed by atoms with Gasteiger partial charge in [-0.15, -0.1) is 0 Å². The zero-order valence-electron chi connectivity index (χ0n) is 59.9. The number of hydrogen-bond acceptors (Lipinski definition) is 22. The topological polar surface area (TPSA) is 220 Å². The molecule has 13 rings (SSSR count). The van der Waals surface area contributed by atoms with Crippen LogP contribution >= 0.6 is 0 Å². The van der Waals surface area contributed by atoms with Crippen molar-refractivity contribution >= 4 is 66.4 Å². The van der Waals surface area contributed by atoms with E-state index in [-0.39, 0.29) is 6.79 Å². The van der Waals surface area contributed by atoms with Crippen LogP contribution in [0.4, 0.5) is 34.1 Å². The lowest BCUT2D eigenvalue weighted by Crippen LogP contribution is -2.11. The summed E-state index contributed by atoms with van der Waals surface area (Å²) in [5.41, 5.74) is 23.4. The van der Waals surface area contributed by atoms with Crippen LogP contribution in [0.5, 0.6) is 74.7 Å². The van der Waals surface area contributed by atoms with Crippen molar-refractivity contribution in [2.45, 2.75) is 6.61 Å². The van der Waals surface area contributed by atoms with Crippen LogP contribution in [-0.2, 0) is 21.1 Å². The largest absolute Gasteiger partial charge is 0.497 e. The quantitative estimate of drug-likeness (QED) is 0.0131. The van der Waals surface area contributed by atoms with E-state index >= 15 is 0 Å². The zero-order chi connectivity index (χ0) is 73.9. The fourth-order valence-electron chi connectivity index (χ4n) is 9.87. The number of nitrogens with one attached hydrogen (secondary N) is 6. The molecule has 0 radical (unpaired) electrons. The summed E-state index contributed by atoms with van der Waals surface area (Å²) >= 11 is 0. The third-order valence-electron chi connectivity index (χ3n) is 15.7. The molecule has 0 aliphatic heterocycles. The van der Waals surface area contributed by atoms with Crippen LogP contribution in [0.3, 0.4) is 0 Å². The van der Waals surface area contributed by atoms with Gasteiger partial charge in [0, 0.05) is 0 Å². The third kappa shape index (κ3) is 23.9. The van der Waals surface area contributed by atoms with Crippen molar-refractivity contribution in [1.29, 1.82) is 0 Å². The molecule has 22 heteroatoms. The van der Waals surface area contributed by atoms with E-state index in [1.54, 1.807) is 56.9 Å². The predicted molar refractivity (Wildman–Crippen MR) is 416 cm³/mol. The summed E-state index contributed by atoms with van der Waals surface area (Å²) in [4.78, 5) is 33.0. The molecule has 0 fully saturated rings. The maximum Gasteiger partial charge on any atom is 0.230 e. The first-order valence-electron chi connectivity index (χ1n) is 33.4. The summed E-state index contributed by atoms with van der Waals surface area (Å²) in [6, 6.07) is 88.0. The number of fused-ring (bicyclic) bond motifs is 3. The molecule has 13 aromatic rings. The number of hydrogen-bond donors (Lipinski definition) is 6. The Kier molecular flexibility index (Phi) is 28.7. The second kappa shape index (κ2) is 40.4. The van der Waals surface area contributed by atoms with Gasteiger partial charge in [0.25, 0.3) is 0 Å². The fourth-order valence-corrected chi connectivity index (χ4v) is 9.87. The minimum Gasteiger partial charge on any atom is -0.497 e. The van der Waals surface area contributed by atoms with E-state index in [1.807, 2.05) is 267 Å². The van der Waals surface area contributed by atoms with Gasteiger partial charge < -0.3 is 61.9 Å². The Labute approximate surface area is 615 Å². The van der Waals surface area contributed by atoms with Crippen LogP contribution in [-0.4, -0.2) is 76.9 Å². The molecule has 0 amide bonds. The SMILES string of the molecule is COc1ccc(NOCCONc2ccc(OC)cc2)cc1.COc1ccc(NOCc2ccc3cc(ONc4ccc(OC)cc4)ccc3c2)cc1.COc1ccc(NOc2ccc(ONc3ccc(OC)cc3)cc2)cc1.COc1ccc2cc(OCOc3ccc4cc(OC)ccc4c3)ccc2c1. The van der Waals surface area contributed by atoms with Gasteiger partial charge in [-0.1, -0.05) is 42.5 Å². The Bertz CT molecular complexity index is 4550. The number of ether oxygens (including phenoxy) is 10. The van der Waals surface area contributed by atoms with Crippen molar-refractivity contribution in [3.05, 3.63) is 285 Å². The molecule has 0 saturated carbocycles. The molecule has 22 nitrogen and oxygen atoms in total. The zero-order valence-corrected chi connectivity index (χ0v) is 59.9. The van der Waals surface area contributed by atoms with Gasteiger partial charge in [0.05, 0.1) is 97.6 Å². The van der Waals surface area contributed by atoms with Gasteiger partial charge in [0.1, 0.15) is 70.7 Å². The van der Waals surface area contributed by atoms with E-state index in [0.717, 1.165) is 135 Å². The summed E-state index contributed by atoms with van der Waals surface area (Å²) in [6.45, 7) is 1.38. The lowest BCUT2D eigenvalue weighted by Gasteiger charge is -2.11. The van der Waals surface area contributed by atoms with Crippen LogP contribution in [0.15, 0.2) is 279 Å². The maximum atomic E-state index is 5.75. The Balaban J connectivity index is 0.000000152. The first-order chi connectivity index (χ1) is 52.1. The van der Waals surface area contributed by atoms with Crippen molar-refractivity contribution in [2.75, 3.05) is 110 Å². The Morgan fingerprint density at radius 3 is 0.745 bits per heavy atom. The third-order valence-corrected chi connectivity index (χ3v) is 15.7. The van der Waals surface area contributed by atoms with Gasteiger partial charge in [-0.25, -0.2) is 16.4 Å². The second-order valence-corrected chi connectivity index (χ2v) is 22.7. The lowest BCUT2D eigenvalue weighted by atomic mass is 10.1. The molecular formula is C84H84N6O16. The van der Waals surface area contributed by atoms with E-state index in [2.05, 4.69) is 45.0 Å². The van der Waals surface area contributed by atoms with Crippen LogP contribution in [0.2, 0.25) is 0 Å². The average molecular weight is 1430 g/mol. The second-order valence-electron chi connectivity index (χ2n) is 22.7. The van der Waals surface area contributed by atoms with E-state index < -0.39 is 0 Å². The molecule has 0 atom stereocenters. The van der Waals surface area contributed by atoms with Crippen LogP contribution < -0.4 is 94.8 Å². The summed E-state index contributed by atoms with van der Waals surface area (Å²) in [7, 11) is 13.1. The average Bonchev–Trinajstić information content (AvgIpc) is 0.833. The summed E-state index contributed by atoms with van der Waals surface area (Å²) < 4.78 is 52.7. The number of methoxy groups -OCH3 is 8. The number of rotatable bonds is 32. The van der Waals surface area contributed by atoms with Gasteiger partial charge >= 0.3 is 0 Å². The first-order valence-corrected chi connectivity index (χ1v) is 33.4. The summed E-state index contributed by atoms with van der Waals surface area (Å²) in [6.07, 6.45) is 0. The highest BCUT2D eigenvalue weighted by atomic mass is 16.7. The summed E-state index contributed by atoms with van der Waals surface area (Å²) in [5.74, 6) is 10.1. The molecule has 0 aliphatic rings. The van der Waals surface area contributed by atoms with Gasteiger partial charge in [-0.2, -0.15) is 0 Å². The minimum absolute atomic E-state index is 0.142. The number of benzene rings is 13. The Morgan fingerprint density at radius 2 is 0.425 bits per heavy atom. The Morgan fingerprint density at radius 1 is 0.198 bits per heavy atom. The highest BCUT2D eigenvalue weighted by molar-refractivity contribution is 5.87. The normalized spacial score (nSPS) is 10.3. The van der Waals surface area contributed by atoms with Crippen molar-refractivity contribution in [3.8, 4) is 74.7 Å². The molecule has 0 unspecified atom stereocenters. The predicted octanol–water partition coefficient (Wildman–Crippen LogP) is 18.8. The molecule has 0 bridgehead atoms. The highest BCUT2D eigenvalue weighted by Crippen LogP contribution is 2.30. The van der Waals surface area contributed by atoms with Crippen molar-refractivity contribution in [2.24, 2.45) is 0 Å². The van der Waals surface area contributed by atoms with E-state index in [4.69, 9.17) is 76.4 Å². The molecule has 13 aromatic carbocycles. The molecule has 6 N–H and O–H groups in total. The van der Waals surface area contributed by atoms with Crippen molar-refractivity contribution in [3.63, 3.8) is 0 Å². The number of anilines is 6. The maximum absolute atomic E-state index is 5.75. The van der Waals surface area contributed by atoms with E-state index in [9.17, 15) is 0 Å². The first kappa shape index (κ1) is 75.4. The fraction of sp³-hybridized carbons (Fsp3) is 0.143. The van der Waals surface area contributed by atoms with E-state index in [0.29, 0.717) is 31.3 Å². The van der Waals surface area contributed by atoms with Gasteiger partial charge in [0.15, 0.2) is 17.2 Å². The van der Waals surface area contributed by atoms with E-state index in [1.165, 1.54) is 0 Å². The minimum atomic E-state index is 0.142. The van der Waals surface area contributed by atoms with Crippen molar-refractivity contribution < 1.29 is 76.4 Å². The molecule has 106 heavy (non-hydrogen) atoms. The molecular weight excluding hydrogens is 1350 g/mol. The smallest absolute Gasteiger partial charge is 0.230 e. The van der Waals surface area contributed by atoms with Gasteiger partial charge in [-0.3, -0.25) is 31.0 Å². The van der Waals surface area contributed by atoms with Gasteiger partial charge in [0.2, 0.25) is 6.79 Å². The summed E-state index contributed by atoms with van der Waals surface area (Å²) in [5, 5.41) is 6.59. The molecule has 0 aliphatic carbocycles. The van der Waals surface area contributed by atoms with Crippen molar-refractivity contribution in [1.82, 2.24) is 0 Å². The molecule has 0 aromatic heterocycles.